The largest absolute Gasteiger partial charge is 0.321 e. The summed E-state index contributed by atoms with van der Waals surface area (Å²) < 4.78 is 2.83. The summed E-state index contributed by atoms with van der Waals surface area (Å²) in [6, 6.07) is 7.75. The minimum Gasteiger partial charge on any atom is -0.321 e. The second-order valence-corrected chi connectivity index (χ2v) is 4.46. The zero-order chi connectivity index (χ0) is 10.8. The smallest absolute Gasteiger partial charge is 0.173 e. The van der Waals surface area contributed by atoms with Crippen molar-refractivity contribution in [3.8, 4) is 5.69 Å². The lowest BCUT2D eigenvalue weighted by atomic mass is 10.3. The standard InChI is InChI=1S/C9H10IN5/c1-6(11)9-12-13-14-15(9)8-4-2-7(10)3-5-8/h2-6H,11H2,1H3. The number of halogens is 1. The molecule has 15 heavy (non-hydrogen) atoms. The maximum atomic E-state index is 5.76. The van der Waals surface area contributed by atoms with E-state index in [4.69, 9.17) is 5.73 Å². The Labute approximate surface area is 101 Å². The van der Waals surface area contributed by atoms with Crippen LogP contribution in [0.1, 0.15) is 18.8 Å². The summed E-state index contributed by atoms with van der Waals surface area (Å²) in [7, 11) is 0. The molecule has 0 saturated heterocycles. The summed E-state index contributed by atoms with van der Waals surface area (Å²) in [6.07, 6.45) is 0. The second-order valence-electron chi connectivity index (χ2n) is 3.21. The number of rotatable bonds is 2. The highest BCUT2D eigenvalue weighted by Gasteiger charge is 2.11. The van der Waals surface area contributed by atoms with E-state index in [0.717, 1.165) is 5.69 Å². The van der Waals surface area contributed by atoms with Crippen LogP contribution in [0.5, 0.6) is 0 Å². The van der Waals surface area contributed by atoms with Gasteiger partial charge >= 0.3 is 0 Å². The Morgan fingerprint density at radius 3 is 2.60 bits per heavy atom. The lowest BCUT2D eigenvalue weighted by Crippen LogP contribution is -2.13. The summed E-state index contributed by atoms with van der Waals surface area (Å²) in [6.45, 7) is 1.86. The van der Waals surface area contributed by atoms with Crippen molar-refractivity contribution in [2.24, 2.45) is 5.73 Å². The maximum absolute atomic E-state index is 5.76. The number of benzene rings is 1. The molecule has 2 aromatic rings. The first-order valence-electron chi connectivity index (χ1n) is 4.48. The van der Waals surface area contributed by atoms with E-state index in [1.165, 1.54) is 3.57 Å². The minimum absolute atomic E-state index is 0.181. The van der Waals surface area contributed by atoms with Crippen molar-refractivity contribution in [1.82, 2.24) is 20.2 Å². The van der Waals surface area contributed by atoms with Crippen LogP contribution in [0.25, 0.3) is 5.69 Å². The van der Waals surface area contributed by atoms with E-state index < -0.39 is 0 Å². The molecule has 6 heteroatoms. The van der Waals surface area contributed by atoms with E-state index >= 15 is 0 Å². The molecule has 2 N–H and O–H groups in total. The van der Waals surface area contributed by atoms with Gasteiger partial charge in [0.1, 0.15) is 0 Å². The van der Waals surface area contributed by atoms with E-state index in [9.17, 15) is 0 Å². The van der Waals surface area contributed by atoms with Gasteiger partial charge in [0.15, 0.2) is 5.82 Å². The summed E-state index contributed by atoms with van der Waals surface area (Å²) >= 11 is 2.25. The molecule has 1 unspecified atom stereocenters. The molecule has 0 fully saturated rings. The van der Waals surface area contributed by atoms with Gasteiger partial charge in [0, 0.05) is 3.57 Å². The third-order valence-electron chi connectivity index (χ3n) is 1.97. The lowest BCUT2D eigenvalue weighted by molar-refractivity contribution is 0.688. The molecule has 1 heterocycles. The molecule has 0 aliphatic heterocycles. The highest BCUT2D eigenvalue weighted by atomic mass is 127. The average Bonchev–Trinajstić information content (AvgIpc) is 2.67. The first kappa shape index (κ1) is 10.5. The van der Waals surface area contributed by atoms with Crippen molar-refractivity contribution < 1.29 is 0 Å². The zero-order valence-electron chi connectivity index (χ0n) is 8.13. The molecule has 1 aromatic carbocycles. The van der Waals surface area contributed by atoms with Crippen LogP contribution in [0.15, 0.2) is 24.3 Å². The number of hydrogen-bond donors (Lipinski definition) is 1. The summed E-state index contributed by atoms with van der Waals surface area (Å²) in [4.78, 5) is 0. The van der Waals surface area contributed by atoms with Crippen molar-refractivity contribution >= 4 is 22.6 Å². The normalized spacial score (nSPS) is 12.7. The number of nitrogens with zero attached hydrogens (tertiary/aromatic N) is 4. The third-order valence-corrected chi connectivity index (χ3v) is 2.69. The second kappa shape index (κ2) is 4.23. The van der Waals surface area contributed by atoms with Crippen LogP contribution in [0.4, 0.5) is 0 Å². The molecule has 0 bridgehead atoms. The van der Waals surface area contributed by atoms with Crippen LogP contribution in [0.2, 0.25) is 0 Å². The van der Waals surface area contributed by atoms with Crippen LogP contribution < -0.4 is 5.73 Å². The Morgan fingerprint density at radius 2 is 2.00 bits per heavy atom. The van der Waals surface area contributed by atoms with Gasteiger partial charge in [0.25, 0.3) is 0 Å². The monoisotopic (exact) mass is 315 g/mol. The third kappa shape index (κ3) is 2.15. The average molecular weight is 315 g/mol. The first-order chi connectivity index (χ1) is 7.18. The first-order valence-corrected chi connectivity index (χ1v) is 5.56. The van der Waals surface area contributed by atoms with E-state index in [-0.39, 0.29) is 6.04 Å². The van der Waals surface area contributed by atoms with Crippen LogP contribution in [-0.2, 0) is 0 Å². The summed E-state index contributed by atoms with van der Waals surface area (Å²) in [5.41, 5.74) is 6.69. The van der Waals surface area contributed by atoms with E-state index in [1.54, 1.807) is 4.68 Å². The quantitative estimate of drug-likeness (QED) is 0.848. The summed E-state index contributed by atoms with van der Waals surface area (Å²) in [5.74, 6) is 0.663. The van der Waals surface area contributed by atoms with Crippen LogP contribution in [0.3, 0.4) is 0 Å². The van der Waals surface area contributed by atoms with E-state index in [0.29, 0.717) is 5.82 Å². The Kier molecular flexibility index (Phi) is 2.96. The van der Waals surface area contributed by atoms with Crippen LogP contribution in [-0.4, -0.2) is 20.2 Å². The highest BCUT2D eigenvalue weighted by Crippen LogP contribution is 2.13. The predicted octanol–water partition coefficient (Wildman–Crippen LogP) is 1.29. The molecule has 0 aliphatic rings. The van der Waals surface area contributed by atoms with Crippen molar-refractivity contribution in [1.29, 1.82) is 0 Å². The van der Waals surface area contributed by atoms with Crippen molar-refractivity contribution in [2.45, 2.75) is 13.0 Å². The number of nitrogens with two attached hydrogens (primary N) is 1. The molecule has 0 amide bonds. The molecule has 0 aliphatic carbocycles. The molecular weight excluding hydrogens is 305 g/mol. The molecular formula is C9H10IN5. The lowest BCUT2D eigenvalue weighted by Gasteiger charge is -2.06. The van der Waals surface area contributed by atoms with Crippen LogP contribution in [0, 0.1) is 3.57 Å². The molecule has 1 atom stereocenters. The number of aromatic nitrogens is 4. The minimum atomic E-state index is -0.181. The van der Waals surface area contributed by atoms with Gasteiger partial charge in [0.05, 0.1) is 11.7 Å². The molecule has 78 valence electrons. The number of hydrogen-bond acceptors (Lipinski definition) is 4. The predicted molar refractivity (Wildman–Crippen MR) is 64.5 cm³/mol. The molecule has 2 rings (SSSR count). The topological polar surface area (TPSA) is 69.6 Å². The zero-order valence-corrected chi connectivity index (χ0v) is 10.3. The molecule has 1 aromatic heterocycles. The summed E-state index contributed by atoms with van der Waals surface area (Å²) in [5, 5.41) is 11.4. The van der Waals surface area contributed by atoms with Crippen molar-refractivity contribution in [3.05, 3.63) is 33.7 Å². The fourth-order valence-corrected chi connectivity index (χ4v) is 1.60. The van der Waals surface area contributed by atoms with Gasteiger partial charge in [0.2, 0.25) is 0 Å². The van der Waals surface area contributed by atoms with E-state index in [2.05, 4.69) is 38.1 Å². The number of tetrazole rings is 1. The fourth-order valence-electron chi connectivity index (χ4n) is 1.24. The van der Waals surface area contributed by atoms with Crippen molar-refractivity contribution in [2.75, 3.05) is 0 Å². The van der Waals surface area contributed by atoms with Gasteiger partial charge < -0.3 is 5.73 Å². The maximum Gasteiger partial charge on any atom is 0.173 e. The molecule has 5 nitrogen and oxygen atoms in total. The Hall–Kier alpha value is -1.02. The van der Waals surface area contributed by atoms with E-state index in [1.807, 2.05) is 31.2 Å². The molecule has 0 spiro atoms. The van der Waals surface area contributed by atoms with Gasteiger partial charge in [-0.3, -0.25) is 0 Å². The molecule has 0 radical (unpaired) electrons. The van der Waals surface area contributed by atoms with Gasteiger partial charge in [-0.25, -0.2) is 0 Å². The van der Waals surface area contributed by atoms with Gasteiger partial charge in [-0.2, -0.15) is 4.68 Å². The van der Waals surface area contributed by atoms with Gasteiger partial charge in [-0.05, 0) is 64.2 Å². The van der Waals surface area contributed by atoms with Crippen LogP contribution >= 0.6 is 22.6 Å². The van der Waals surface area contributed by atoms with Gasteiger partial charge in [-0.15, -0.1) is 5.10 Å². The molecule has 0 saturated carbocycles. The Morgan fingerprint density at radius 1 is 1.33 bits per heavy atom. The van der Waals surface area contributed by atoms with Gasteiger partial charge in [-0.1, -0.05) is 0 Å². The fraction of sp³-hybridized carbons (Fsp3) is 0.222. The van der Waals surface area contributed by atoms with Crippen molar-refractivity contribution in [3.63, 3.8) is 0 Å². The Bertz CT molecular complexity index is 448. The SMILES string of the molecule is CC(N)c1nnnn1-c1ccc(I)cc1. The Balaban J connectivity index is 2.45. The highest BCUT2D eigenvalue weighted by molar-refractivity contribution is 14.1.